The molecule has 1 aromatic carbocycles. The number of ether oxygens (including phenoxy) is 1. The lowest BCUT2D eigenvalue weighted by atomic mass is 10.0. The largest absolute Gasteiger partial charge is 0.390 e. The Morgan fingerprint density at radius 1 is 1.53 bits per heavy atom. The summed E-state index contributed by atoms with van der Waals surface area (Å²) < 4.78 is 5.67. The minimum atomic E-state index is -0.505. The lowest BCUT2D eigenvalue weighted by molar-refractivity contribution is -0.0867. The van der Waals surface area contributed by atoms with Crippen LogP contribution >= 0.6 is 11.6 Å². The Balaban J connectivity index is 1.98. The van der Waals surface area contributed by atoms with Gasteiger partial charge in [0.15, 0.2) is 0 Å². The van der Waals surface area contributed by atoms with Gasteiger partial charge in [0.2, 0.25) is 0 Å². The van der Waals surface area contributed by atoms with E-state index >= 15 is 0 Å². The van der Waals surface area contributed by atoms with Crippen molar-refractivity contribution in [3.63, 3.8) is 0 Å². The van der Waals surface area contributed by atoms with Crippen LogP contribution in [-0.4, -0.2) is 48.5 Å². The number of aliphatic hydroxyl groups is 1. The summed E-state index contributed by atoms with van der Waals surface area (Å²) >= 11 is 6.21. The first-order valence-corrected chi connectivity index (χ1v) is 7.25. The zero-order chi connectivity index (χ0) is 13.8. The molecule has 1 heterocycles. The molecule has 2 rings (SSSR count). The van der Waals surface area contributed by atoms with E-state index in [0.717, 1.165) is 35.8 Å². The highest BCUT2D eigenvalue weighted by Gasteiger charge is 2.26. The van der Waals surface area contributed by atoms with E-state index in [2.05, 4.69) is 11.8 Å². The molecule has 3 nitrogen and oxygen atoms in total. The smallest absolute Gasteiger partial charge is 0.0964 e. The quantitative estimate of drug-likeness (QED) is 0.920. The molecule has 106 valence electrons. The molecular weight excluding hydrogens is 262 g/mol. The summed E-state index contributed by atoms with van der Waals surface area (Å²) in [4.78, 5) is 2.30. The van der Waals surface area contributed by atoms with Gasteiger partial charge in [0, 0.05) is 24.5 Å². The van der Waals surface area contributed by atoms with E-state index < -0.39 is 6.10 Å². The summed E-state index contributed by atoms with van der Waals surface area (Å²) in [6.45, 7) is 7.57. The molecular formula is C15H22ClNO2. The van der Waals surface area contributed by atoms with Crippen molar-refractivity contribution in [2.24, 2.45) is 0 Å². The number of halogens is 1. The predicted octanol–water partition coefficient (Wildman–Crippen LogP) is 2.27. The Labute approximate surface area is 120 Å². The van der Waals surface area contributed by atoms with Crippen molar-refractivity contribution in [1.82, 2.24) is 4.90 Å². The van der Waals surface area contributed by atoms with E-state index in [4.69, 9.17) is 16.3 Å². The fourth-order valence-corrected chi connectivity index (χ4v) is 2.74. The number of hydrogen-bond donors (Lipinski definition) is 1. The van der Waals surface area contributed by atoms with Crippen molar-refractivity contribution < 1.29 is 9.84 Å². The van der Waals surface area contributed by atoms with Gasteiger partial charge >= 0.3 is 0 Å². The van der Waals surface area contributed by atoms with Crippen LogP contribution in [0.1, 0.15) is 18.1 Å². The number of rotatable bonds is 4. The lowest BCUT2D eigenvalue weighted by Gasteiger charge is -2.34. The van der Waals surface area contributed by atoms with E-state index in [1.807, 2.05) is 25.1 Å². The highest BCUT2D eigenvalue weighted by atomic mass is 35.5. The highest BCUT2D eigenvalue weighted by Crippen LogP contribution is 2.21. The summed E-state index contributed by atoms with van der Waals surface area (Å²) in [5, 5.41) is 11.0. The summed E-state index contributed by atoms with van der Waals surface area (Å²) in [6, 6.07) is 5.94. The van der Waals surface area contributed by atoms with Gasteiger partial charge in [-0.15, -0.1) is 0 Å². The molecule has 1 aliphatic heterocycles. The molecule has 2 atom stereocenters. The number of benzene rings is 1. The maximum absolute atomic E-state index is 10.3. The zero-order valence-electron chi connectivity index (χ0n) is 11.6. The van der Waals surface area contributed by atoms with Crippen molar-refractivity contribution >= 4 is 11.6 Å². The van der Waals surface area contributed by atoms with E-state index in [0.29, 0.717) is 13.0 Å². The summed E-state index contributed by atoms with van der Waals surface area (Å²) in [6.07, 6.45) is -0.0814. The van der Waals surface area contributed by atoms with Crippen LogP contribution in [0, 0.1) is 6.92 Å². The second-order valence-corrected chi connectivity index (χ2v) is 5.58. The monoisotopic (exact) mass is 283 g/mol. The third-order valence-corrected chi connectivity index (χ3v) is 4.04. The number of aryl methyl sites for hydroxylation is 1. The maximum atomic E-state index is 10.3. The Bertz CT molecular complexity index is 425. The minimum absolute atomic E-state index is 0.119. The number of hydrogen-bond acceptors (Lipinski definition) is 3. The number of nitrogens with zero attached hydrogens (tertiary/aromatic N) is 1. The Morgan fingerprint density at radius 2 is 2.32 bits per heavy atom. The van der Waals surface area contributed by atoms with E-state index in [1.54, 1.807) is 0 Å². The van der Waals surface area contributed by atoms with Gasteiger partial charge in [-0.25, -0.2) is 0 Å². The normalized spacial score (nSPS) is 22.4. The van der Waals surface area contributed by atoms with Crippen molar-refractivity contribution in [3.05, 3.63) is 34.3 Å². The van der Waals surface area contributed by atoms with Crippen LogP contribution in [0.4, 0.5) is 0 Å². The second kappa shape index (κ2) is 6.71. The van der Waals surface area contributed by atoms with Gasteiger partial charge in [-0.2, -0.15) is 0 Å². The van der Waals surface area contributed by atoms with E-state index in [-0.39, 0.29) is 6.10 Å². The number of aliphatic hydroxyl groups excluding tert-OH is 1. The molecule has 19 heavy (non-hydrogen) atoms. The third kappa shape index (κ3) is 3.93. The molecule has 0 aliphatic carbocycles. The summed E-state index contributed by atoms with van der Waals surface area (Å²) in [5.41, 5.74) is 2.12. The van der Waals surface area contributed by atoms with Crippen LogP contribution < -0.4 is 0 Å². The molecule has 0 amide bonds. The van der Waals surface area contributed by atoms with Crippen LogP contribution in [0.5, 0.6) is 0 Å². The van der Waals surface area contributed by atoms with Gasteiger partial charge in [-0.05, 0) is 30.7 Å². The first-order chi connectivity index (χ1) is 9.10. The lowest BCUT2D eigenvalue weighted by Crippen LogP contribution is -2.48. The van der Waals surface area contributed by atoms with Crippen molar-refractivity contribution in [2.75, 3.05) is 26.2 Å². The van der Waals surface area contributed by atoms with E-state index in [9.17, 15) is 5.11 Å². The molecule has 1 fully saturated rings. The van der Waals surface area contributed by atoms with Crippen LogP contribution in [0.25, 0.3) is 0 Å². The Kier molecular flexibility index (Phi) is 5.22. The van der Waals surface area contributed by atoms with Gasteiger partial charge in [-0.3, -0.25) is 4.90 Å². The topological polar surface area (TPSA) is 32.7 Å². The Morgan fingerprint density at radius 3 is 3.00 bits per heavy atom. The van der Waals surface area contributed by atoms with Gasteiger partial charge in [0.05, 0.1) is 18.8 Å². The van der Waals surface area contributed by atoms with E-state index in [1.165, 1.54) is 0 Å². The number of likely N-dealkylation sites (N-methyl/N-ethyl adjacent to an activating group) is 1. The summed E-state index contributed by atoms with van der Waals surface area (Å²) in [5.74, 6) is 0. The van der Waals surface area contributed by atoms with Crippen molar-refractivity contribution in [1.29, 1.82) is 0 Å². The average Bonchev–Trinajstić information content (AvgIpc) is 2.42. The molecule has 0 radical (unpaired) electrons. The summed E-state index contributed by atoms with van der Waals surface area (Å²) in [7, 11) is 0. The minimum Gasteiger partial charge on any atom is -0.390 e. The molecule has 1 saturated heterocycles. The SMILES string of the molecule is CCN1CCOC(C(O)Cc2ccc(C)cc2Cl)C1. The zero-order valence-corrected chi connectivity index (χ0v) is 12.4. The molecule has 2 unspecified atom stereocenters. The van der Waals surface area contributed by atoms with Crippen LogP contribution in [0.3, 0.4) is 0 Å². The van der Waals surface area contributed by atoms with Gasteiger partial charge in [-0.1, -0.05) is 30.7 Å². The molecule has 0 saturated carbocycles. The fraction of sp³-hybridized carbons (Fsp3) is 0.600. The standard InChI is InChI=1S/C15H22ClNO2/c1-3-17-6-7-19-15(10-17)14(18)9-12-5-4-11(2)8-13(12)16/h4-5,8,14-15,18H,3,6-7,9-10H2,1-2H3. The molecule has 0 aromatic heterocycles. The fourth-order valence-electron chi connectivity index (χ4n) is 2.43. The third-order valence-electron chi connectivity index (χ3n) is 3.69. The first-order valence-electron chi connectivity index (χ1n) is 6.87. The Hall–Kier alpha value is -0.610. The van der Waals surface area contributed by atoms with Gasteiger partial charge in [0.25, 0.3) is 0 Å². The predicted molar refractivity (Wildman–Crippen MR) is 77.8 cm³/mol. The first kappa shape index (κ1) is 14.8. The van der Waals surface area contributed by atoms with Crippen LogP contribution in [-0.2, 0) is 11.2 Å². The molecule has 0 bridgehead atoms. The molecule has 4 heteroatoms. The molecule has 1 N–H and O–H groups in total. The molecule has 1 aromatic rings. The average molecular weight is 284 g/mol. The van der Waals surface area contributed by atoms with Gasteiger partial charge in [0.1, 0.15) is 0 Å². The highest BCUT2D eigenvalue weighted by molar-refractivity contribution is 6.31. The van der Waals surface area contributed by atoms with Crippen LogP contribution in [0.15, 0.2) is 18.2 Å². The molecule has 0 spiro atoms. The van der Waals surface area contributed by atoms with Crippen LogP contribution in [0.2, 0.25) is 5.02 Å². The van der Waals surface area contributed by atoms with Gasteiger partial charge < -0.3 is 9.84 Å². The van der Waals surface area contributed by atoms with Crippen molar-refractivity contribution in [2.45, 2.75) is 32.5 Å². The number of morpholine rings is 1. The van der Waals surface area contributed by atoms with Crippen molar-refractivity contribution in [3.8, 4) is 0 Å². The molecule has 1 aliphatic rings. The maximum Gasteiger partial charge on any atom is 0.0964 e. The second-order valence-electron chi connectivity index (χ2n) is 5.17.